The van der Waals surface area contributed by atoms with Crippen molar-refractivity contribution in [1.82, 2.24) is 9.97 Å². The van der Waals surface area contributed by atoms with E-state index in [4.69, 9.17) is 5.73 Å². The third kappa shape index (κ3) is 2.85. The first-order valence-corrected chi connectivity index (χ1v) is 5.76. The second-order valence-electron chi connectivity index (χ2n) is 3.86. The van der Waals surface area contributed by atoms with Gasteiger partial charge in [0.15, 0.2) is 0 Å². The van der Waals surface area contributed by atoms with Crippen molar-refractivity contribution < 1.29 is 9.18 Å². The summed E-state index contributed by atoms with van der Waals surface area (Å²) in [6, 6.07) is 5.82. The topological polar surface area (TPSA) is 72.1 Å². The Morgan fingerprint density at radius 3 is 2.84 bits per heavy atom. The molecule has 0 bridgehead atoms. The molecule has 1 heterocycles. The minimum Gasteiger partial charge on any atom is -0.382 e. The first-order chi connectivity index (χ1) is 9.11. The van der Waals surface area contributed by atoms with Gasteiger partial charge in [-0.25, -0.2) is 9.37 Å². The van der Waals surface area contributed by atoms with E-state index in [9.17, 15) is 9.18 Å². The molecule has 0 aliphatic heterocycles. The molecular formula is C13H13FN4O. The van der Waals surface area contributed by atoms with Crippen molar-refractivity contribution in [2.24, 2.45) is 0 Å². The zero-order valence-corrected chi connectivity index (χ0v) is 10.4. The summed E-state index contributed by atoms with van der Waals surface area (Å²) in [4.78, 5) is 21.4. The normalized spacial score (nSPS) is 10.2. The van der Waals surface area contributed by atoms with Gasteiger partial charge in [-0.05, 0) is 25.1 Å². The highest BCUT2D eigenvalue weighted by Crippen LogP contribution is 2.17. The Balaban J connectivity index is 2.34. The van der Waals surface area contributed by atoms with E-state index < -0.39 is 5.82 Å². The lowest BCUT2D eigenvalue weighted by molar-refractivity contribution is 0.0983. The summed E-state index contributed by atoms with van der Waals surface area (Å²) in [6.07, 6.45) is 2.69. The van der Waals surface area contributed by atoms with E-state index >= 15 is 0 Å². The molecule has 0 aliphatic carbocycles. The van der Waals surface area contributed by atoms with E-state index in [-0.39, 0.29) is 17.4 Å². The summed E-state index contributed by atoms with van der Waals surface area (Å²) in [5.41, 5.74) is 6.10. The van der Waals surface area contributed by atoms with Crippen molar-refractivity contribution in [3.05, 3.63) is 48.2 Å². The monoisotopic (exact) mass is 260 g/mol. The molecule has 2 N–H and O–H groups in total. The number of amides is 1. The minimum absolute atomic E-state index is 0.131. The van der Waals surface area contributed by atoms with E-state index in [1.807, 2.05) is 0 Å². The van der Waals surface area contributed by atoms with Gasteiger partial charge in [0.2, 0.25) is 0 Å². The predicted molar refractivity (Wildman–Crippen MR) is 70.2 cm³/mol. The van der Waals surface area contributed by atoms with Gasteiger partial charge in [0.05, 0.1) is 12.4 Å². The van der Waals surface area contributed by atoms with Crippen molar-refractivity contribution in [1.29, 1.82) is 0 Å². The average molecular weight is 260 g/mol. The van der Waals surface area contributed by atoms with E-state index in [2.05, 4.69) is 9.97 Å². The maximum absolute atomic E-state index is 13.2. The molecule has 0 saturated heterocycles. The number of anilines is 2. The fourth-order valence-corrected chi connectivity index (χ4v) is 1.71. The molecule has 1 aromatic heterocycles. The molecular weight excluding hydrogens is 247 g/mol. The molecule has 2 rings (SSSR count). The second-order valence-corrected chi connectivity index (χ2v) is 3.86. The number of carbonyl (C=O) groups excluding carboxylic acids is 1. The zero-order chi connectivity index (χ0) is 13.8. The quantitative estimate of drug-likeness (QED) is 0.914. The predicted octanol–water partition coefficient (Wildman–Crippen LogP) is 1.86. The van der Waals surface area contributed by atoms with E-state index in [1.165, 1.54) is 29.4 Å². The SMILES string of the molecule is CCN(C(=O)c1cncc(N)n1)c1cccc(F)c1. The lowest BCUT2D eigenvalue weighted by Gasteiger charge is -2.20. The molecule has 0 unspecified atom stereocenters. The maximum Gasteiger partial charge on any atom is 0.278 e. The molecule has 0 saturated carbocycles. The highest BCUT2D eigenvalue weighted by atomic mass is 19.1. The van der Waals surface area contributed by atoms with Crippen LogP contribution in [0.4, 0.5) is 15.9 Å². The Hall–Kier alpha value is -2.50. The summed E-state index contributed by atoms with van der Waals surface area (Å²) in [6.45, 7) is 2.18. The van der Waals surface area contributed by atoms with Gasteiger partial charge < -0.3 is 10.6 Å². The number of aromatic nitrogens is 2. The largest absolute Gasteiger partial charge is 0.382 e. The molecule has 1 aromatic carbocycles. The molecule has 0 fully saturated rings. The van der Waals surface area contributed by atoms with Crippen LogP contribution in [0, 0.1) is 5.82 Å². The number of nitrogens with two attached hydrogens (primary N) is 1. The standard InChI is InChI=1S/C13H13FN4O/c1-2-18(10-5-3-4-9(14)6-10)13(19)11-7-16-8-12(15)17-11/h3-8H,2H2,1H3,(H2,15,17). The molecule has 0 spiro atoms. The Morgan fingerprint density at radius 2 is 2.21 bits per heavy atom. The van der Waals surface area contributed by atoms with Crippen molar-refractivity contribution in [2.75, 3.05) is 17.2 Å². The molecule has 0 aliphatic rings. The van der Waals surface area contributed by atoms with Gasteiger partial charge in [-0.3, -0.25) is 9.78 Å². The smallest absolute Gasteiger partial charge is 0.278 e. The maximum atomic E-state index is 13.2. The lowest BCUT2D eigenvalue weighted by Crippen LogP contribution is -2.31. The molecule has 0 atom stereocenters. The van der Waals surface area contributed by atoms with Gasteiger partial charge in [-0.15, -0.1) is 0 Å². The van der Waals surface area contributed by atoms with Crippen LogP contribution in [0.5, 0.6) is 0 Å². The number of nitrogens with zero attached hydrogens (tertiary/aromatic N) is 3. The summed E-state index contributed by atoms with van der Waals surface area (Å²) in [5, 5.41) is 0. The fraction of sp³-hybridized carbons (Fsp3) is 0.154. The zero-order valence-electron chi connectivity index (χ0n) is 10.4. The van der Waals surface area contributed by atoms with Crippen molar-refractivity contribution >= 4 is 17.4 Å². The summed E-state index contributed by atoms with van der Waals surface area (Å²) in [7, 11) is 0. The molecule has 1 amide bonds. The van der Waals surface area contributed by atoms with Crippen LogP contribution in [-0.2, 0) is 0 Å². The van der Waals surface area contributed by atoms with E-state index in [0.29, 0.717) is 12.2 Å². The minimum atomic E-state index is -0.401. The van der Waals surface area contributed by atoms with Crippen LogP contribution in [0.1, 0.15) is 17.4 Å². The molecule has 2 aromatic rings. The van der Waals surface area contributed by atoms with Crippen LogP contribution >= 0.6 is 0 Å². The first kappa shape index (κ1) is 12.9. The van der Waals surface area contributed by atoms with Crippen LogP contribution in [0.15, 0.2) is 36.7 Å². The van der Waals surface area contributed by atoms with Gasteiger partial charge >= 0.3 is 0 Å². The highest BCUT2D eigenvalue weighted by Gasteiger charge is 2.18. The Kier molecular flexibility index (Phi) is 3.70. The molecule has 0 radical (unpaired) electrons. The number of hydrogen-bond donors (Lipinski definition) is 1. The van der Waals surface area contributed by atoms with Crippen LogP contribution < -0.4 is 10.6 Å². The van der Waals surface area contributed by atoms with Gasteiger partial charge in [0.1, 0.15) is 17.3 Å². The first-order valence-electron chi connectivity index (χ1n) is 5.76. The molecule has 5 nitrogen and oxygen atoms in total. The summed E-state index contributed by atoms with van der Waals surface area (Å²) >= 11 is 0. The Morgan fingerprint density at radius 1 is 1.42 bits per heavy atom. The molecule has 98 valence electrons. The lowest BCUT2D eigenvalue weighted by atomic mass is 10.2. The van der Waals surface area contributed by atoms with Gasteiger partial charge in [-0.1, -0.05) is 6.07 Å². The van der Waals surface area contributed by atoms with E-state index in [0.717, 1.165) is 0 Å². The summed E-state index contributed by atoms with van der Waals surface area (Å²) in [5.74, 6) is -0.601. The number of carbonyl (C=O) groups is 1. The molecule has 6 heteroatoms. The van der Waals surface area contributed by atoms with Crippen LogP contribution in [-0.4, -0.2) is 22.4 Å². The van der Waals surface area contributed by atoms with Crippen LogP contribution in [0.25, 0.3) is 0 Å². The number of hydrogen-bond acceptors (Lipinski definition) is 4. The molecule has 19 heavy (non-hydrogen) atoms. The average Bonchev–Trinajstić information content (AvgIpc) is 2.39. The Bertz CT molecular complexity index is 603. The fourth-order valence-electron chi connectivity index (χ4n) is 1.71. The number of rotatable bonds is 3. The third-order valence-corrected chi connectivity index (χ3v) is 2.55. The Labute approximate surface area is 109 Å². The number of benzene rings is 1. The van der Waals surface area contributed by atoms with Crippen molar-refractivity contribution in [2.45, 2.75) is 6.92 Å². The van der Waals surface area contributed by atoms with Gasteiger partial charge in [0, 0.05) is 12.2 Å². The number of halogens is 1. The van der Waals surface area contributed by atoms with Gasteiger partial charge in [-0.2, -0.15) is 0 Å². The van der Waals surface area contributed by atoms with Crippen molar-refractivity contribution in [3.63, 3.8) is 0 Å². The van der Waals surface area contributed by atoms with Crippen LogP contribution in [0.2, 0.25) is 0 Å². The van der Waals surface area contributed by atoms with Gasteiger partial charge in [0.25, 0.3) is 5.91 Å². The highest BCUT2D eigenvalue weighted by molar-refractivity contribution is 6.04. The van der Waals surface area contributed by atoms with Crippen LogP contribution in [0.3, 0.4) is 0 Å². The van der Waals surface area contributed by atoms with E-state index in [1.54, 1.807) is 19.1 Å². The number of nitrogen functional groups attached to an aromatic ring is 1. The van der Waals surface area contributed by atoms with Crippen molar-refractivity contribution in [3.8, 4) is 0 Å². The summed E-state index contributed by atoms with van der Waals surface area (Å²) < 4.78 is 13.2. The third-order valence-electron chi connectivity index (χ3n) is 2.55. The second kappa shape index (κ2) is 5.43.